The molecule has 0 bridgehead atoms. The summed E-state index contributed by atoms with van der Waals surface area (Å²) >= 11 is 0. The van der Waals surface area contributed by atoms with E-state index in [4.69, 9.17) is 4.74 Å². The number of hydrogen-bond acceptors (Lipinski definition) is 6. The van der Waals surface area contributed by atoms with E-state index in [1.807, 2.05) is 0 Å². The molecule has 0 amide bonds. The lowest BCUT2D eigenvalue weighted by atomic mass is 10.3. The monoisotopic (exact) mass is 248 g/mol. The van der Waals surface area contributed by atoms with E-state index in [1.165, 1.54) is 19.2 Å². The van der Waals surface area contributed by atoms with Gasteiger partial charge in [0.15, 0.2) is 11.5 Å². The number of rotatable bonds is 4. The summed E-state index contributed by atoms with van der Waals surface area (Å²) in [5.41, 5.74) is -0.413. The highest BCUT2D eigenvalue weighted by Gasteiger charge is 2.17. The summed E-state index contributed by atoms with van der Waals surface area (Å²) in [5, 5.41) is 15.2. The number of benzene rings is 1. The van der Waals surface area contributed by atoms with Crippen LogP contribution in [0.5, 0.6) is 11.5 Å². The Morgan fingerprint density at radius 1 is 1.44 bits per heavy atom. The van der Waals surface area contributed by atoms with Crippen molar-refractivity contribution >= 4 is 16.0 Å². The fourth-order valence-corrected chi connectivity index (χ4v) is 1.37. The maximum absolute atomic E-state index is 10.6. The summed E-state index contributed by atoms with van der Waals surface area (Å²) in [4.78, 5) is 9.86. The molecule has 0 saturated carbocycles. The molecule has 0 aliphatic heterocycles. The third kappa shape index (κ3) is 3.07. The van der Waals surface area contributed by atoms with E-state index >= 15 is 0 Å². The van der Waals surface area contributed by atoms with E-state index < -0.39 is 20.9 Å². The van der Waals surface area contributed by atoms with Gasteiger partial charge in [0.25, 0.3) is 0 Å². The molecule has 88 valence electrons. The van der Waals surface area contributed by atoms with Crippen molar-refractivity contribution < 1.29 is 22.3 Å². The second-order valence-electron chi connectivity index (χ2n) is 2.67. The third-order valence-corrected chi connectivity index (χ3v) is 1.98. The number of methoxy groups -OCH3 is 1. The number of nitrogens with zero attached hydrogens (tertiary/aromatic N) is 1. The molecule has 0 unspecified atom stereocenters. The second kappa shape index (κ2) is 4.33. The van der Waals surface area contributed by atoms with Crippen LogP contribution in [0.1, 0.15) is 0 Å². The zero-order valence-corrected chi connectivity index (χ0v) is 8.93. The molecule has 16 heavy (non-hydrogen) atoms. The maximum atomic E-state index is 10.6. The Morgan fingerprint density at radius 2 is 2.06 bits per heavy atom. The molecule has 1 aromatic rings. The molecule has 9 heteroatoms. The molecule has 1 aromatic carbocycles. The predicted molar refractivity (Wildman–Crippen MR) is 53.4 cm³/mol. The first-order chi connectivity index (χ1) is 7.33. The highest BCUT2D eigenvalue weighted by molar-refractivity contribution is 7.84. The van der Waals surface area contributed by atoms with E-state index in [-0.39, 0.29) is 11.5 Å². The van der Waals surface area contributed by atoms with E-state index in [2.05, 4.69) is 9.32 Å². The number of hydrogen-bond donors (Lipinski definition) is 1. The van der Waals surface area contributed by atoms with Gasteiger partial charge in [0, 0.05) is 0 Å². The molecule has 1 rings (SSSR count). The van der Waals surface area contributed by atoms with Gasteiger partial charge in [-0.25, -0.2) is 0 Å². The number of nitro benzene ring substituents is 1. The number of ether oxygens (including phenoxy) is 1. The standard InChI is InChI=1S/C7H8N2O6S/c1-14-7-3-2-5(15-16(8,12)13)4-6(7)9(10)11/h2-4H,1H3,(H2,8,12,13). The minimum Gasteiger partial charge on any atom is -0.490 e. The van der Waals surface area contributed by atoms with E-state index in [0.717, 1.165) is 6.07 Å². The molecule has 0 spiro atoms. The molecule has 0 aliphatic rings. The van der Waals surface area contributed by atoms with Crippen molar-refractivity contribution in [1.82, 2.24) is 0 Å². The molecule has 0 heterocycles. The van der Waals surface area contributed by atoms with Gasteiger partial charge in [-0.2, -0.15) is 13.6 Å². The lowest BCUT2D eigenvalue weighted by molar-refractivity contribution is -0.385. The highest BCUT2D eigenvalue weighted by Crippen LogP contribution is 2.30. The normalized spacial score (nSPS) is 10.9. The fraction of sp³-hybridized carbons (Fsp3) is 0.143. The largest absolute Gasteiger partial charge is 0.490 e. The first kappa shape index (κ1) is 12.2. The average Bonchev–Trinajstić information content (AvgIpc) is 2.15. The van der Waals surface area contributed by atoms with Crippen LogP contribution in [0.4, 0.5) is 5.69 Å². The minimum absolute atomic E-state index is 0.00762. The Labute approximate surface area is 91.0 Å². The maximum Gasteiger partial charge on any atom is 0.380 e. The van der Waals surface area contributed by atoms with Crippen LogP contribution in [0.25, 0.3) is 0 Å². The summed E-state index contributed by atoms with van der Waals surface area (Å²) in [5.74, 6) is -0.262. The summed E-state index contributed by atoms with van der Waals surface area (Å²) in [6.07, 6.45) is 0. The minimum atomic E-state index is -4.20. The lowest BCUT2D eigenvalue weighted by Gasteiger charge is -2.04. The molecule has 0 aromatic heterocycles. The summed E-state index contributed by atoms with van der Waals surface area (Å²) in [7, 11) is -2.95. The van der Waals surface area contributed by atoms with Crippen molar-refractivity contribution in [2.75, 3.05) is 7.11 Å². The fourth-order valence-electron chi connectivity index (χ4n) is 0.998. The first-order valence-corrected chi connectivity index (χ1v) is 5.35. The lowest BCUT2D eigenvalue weighted by Crippen LogP contribution is -2.19. The van der Waals surface area contributed by atoms with Gasteiger partial charge in [-0.05, 0) is 12.1 Å². The second-order valence-corrected chi connectivity index (χ2v) is 3.82. The summed E-state index contributed by atoms with van der Waals surface area (Å²) < 4.78 is 30.2. The first-order valence-electron chi connectivity index (χ1n) is 3.88. The van der Waals surface area contributed by atoms with E-state index in [0.29, 0.717) is 0 Å². The van der Waals surface area contributed by atoms with Crippen molar-refractivity contribution in [1.29, 1.82) is 0 Å². The van der Waals surface area contributed by atoms with Gasteiger partial charge < -0.3 is 8.92 Å². The van der Waals surface area contributed by atoms with Crippen LogP contribution in [-0.2, 0) is 10.3 Å². The van der Waals surface area contributed by atoms with Crippen LogP contribution < -0.4 is 14.1 Å². The Balaban J connectivity index is 3.17. The molecule has 0 saturated heterocycles. The number of nitro groups is 1. The Hall–Kier alpha value is -1.87. The van der Waals surface area contributed by atoms with Gasteiger partial charge in [-0.1, -0.05) is 0 Å². The van der Waals surface area contributed by atoms with Crippen molar-refractivity contribution in [2.24, 2.45) is 5.14 Å². The Bertz CT molecular complexity index is 512. The van der Waals surface area contributed by atoms with Gasteiger partial charge in [0.05, 0.1) is 18.1 Å². The Kier molecular flexibility index (Phi) is 3.30. The van der Waals surface area contributed by atoms with Crippen LogP contribution in [-0.4, -0.2) is 20.5 Å². The Morgan fingerprint density at radius 3 is 2.50 bits per heavy atom. The zero-order valence-electron chi connectivity index (χ0n) is 8.11. The van der Waals surface area contributed by atoms with Crippen LogP contribution in [0.3, 0.4) is 0 Å². The molecule has 8 nitrogen and oxygen atoms in total. The van der Waals surface area contributed by atoms with Crippen molar-refractivity contribution in [3.63, 3.8) is 0 Å². The van der Waals surface area contributed by atoms with Crippen molar-refractivity contribution in [3.05, 3.63) is 28.3 Å². The van der Waals surface area contributed by atoms with Crippen LogP contribution in [0.15, 0.2) is 18.2 Å². The van der Waals surface area contributed by atoms with Crippen molar-refractivity contribution in [3.8, 4) is 11.5 Å². The van der Waals surface area contributed by atoms with Gasteiger partial charge >= 0.3 is 16.0 Å². The molecule has 2 N–H and O–H groups in total. The van der Waals surface area contributed by atoms with Crippen LogP contribution >= 0.6 is 0 Å². The molecule has 0 radical (unpaired) electrons. The van der Waals surface area contributed by atoms with Gasteiger partial charge in [0.2, 0.25) is 0 Å². The quantitative estimate of drug-likeness (QED) is 0.599. The topological polar surface area (TPSA) is 122 Å². The average molecular weight is 248 g/mol. The van der Waals surface area contributed by atoms with E-state index in [9.17, 15) is 18.5 Å². The summed E-state index contributed by atoms with van der Waals surface area (Å²) in [6.45, 7) is 0. The number of nitrogens with two attached hydrogens (primary N) is 1. The third-order valence-electron chi connectivity index (χ3n) is 1.56. The SMILES string of the molecule is COc1ccc(OS(N)(=O)=O)cc1[N+](=O)[O-]. The van der Waals surface area contributed by atoms with Crippen LogP contribution in [0, 0.1) is 10.1 Å². The summed E-state index contributed by atoms with van der Waals surface area (Å²) in [6, 6.07) is 3.30. The smallest absolute Gasteiger partial charge is 0.380 e. The van der Waals surface area contributed by atoms with Gasteiger partial charge in [-0.15, -0.1) is 0 Å². The van der Waals surface area contributed by atoms with Crippen LogP contribution in [0.2, 0.25) is 0 Å². The zero-order chi connectivity index (χ0) is 12.3. The predicted octanol–water partition coefficient (Wildman–Crippen LogP) is 0.186. The highest BCUT2D eigenvalue weighted by atomic mass is 32.2. The molecular weight excluding hydrogens is 240 g/mol. The van der Waals surface area contributed by atoms with Gasteiger partial charge in [0.1, 0.15) is 0 Å². The molecule has 0 aliphatic carbocycles. The van der Waals surface area contributed by atoms with Gasteiger partial charge in [-0.3, -0.25) is 10.1 Å². The molecular formula is C7H8N2O6S. The molecule has 0 fully saturated rings. The van der Waals surface area contributed by atoms with Crippen molar-refractivity contribution in [2.45, 2.75) is 0 Å². The molecule has 0 atom stereocenters. The van der Waals surface area contributed by atoms with E-state index in [1.54, 1.807) is 0 Å².